The highest BCUT2D eigenvalue weighted by Crippen LogP contribution is 2.26. The van der Waals surface area contributed by atoms with Gasteiger partial charge in [0.2, 0.25) is 0 Å². The van der Waals surface area contributed by atoms with Crippen LogP contribution in [0.4, 0.5) is 0 Å². The lowest BCUT2D eigenvalue weighted by Crippen LogP contribution is -2.60. The third kappa shape index (κ3) is 29.3. The summed E-state index contributed by atoms with van der Waals surface area (Å²) in [4.78, 5) is 12.6. The van der Waals surface area contributed by atoms with Crippen LogP contribution < -0.4 is 0 Å². The molecule has 0 spiro atoms. The van der Waals surface area contributed by atoms with Crippen LogP contribution >= 0.6 is 0 Å². The van der Waals surface area contributed by atoms with Gasteiger partial charge in [0.15, 0.2) is 6.29 Å². The molecule has 1 rings (SSSR count). The number of rotatable bonds is 40. The molecule has 6 unspecified atom stereocenters. The Labute approximate surface area is 341 Å². The van der Waals surface area contributed by atoms with Crippen molar-refractivity contribution in [2.45, 2.75) is 243 Å². The van der Waals surface area contributed by atoms with Crippen molar-refractivity contribution in [3.63, 3.8) is 0 Å². The molecule has 0 saturated carbocycles. The van der Waals surface area contributed by atoms with Gasteiger partial charge in [0.05, 0.1) is 19.8 Å². The smallest absolute Gasteiger partial charge is 0.397 e. The highest BCUT2D eigenvalue weighted by molar-refractivity contribution is 7.80. The predicted molar refractivity (Wildman–Crippen MR) is 221 cm³/mol. The number of aliphatic hydroxyl groups is 3. The first-order valence-corrected chi connectivity index (χ1v) is 24.2. The van der Waals surface area contributed by atoms with Gasteiger partial charge in [-0.25, -0.2) is 4.18 Å². The van der Waals surface area contributed by atoms with Gasteiger partial charge >= 0.3 is 16.4 Å². The average molecular weight is 825 g/mol. The van der Waals surface area contributed by atoms with Gasteiger partial charge in [-0.1, -0.05) is 187 Å². The van der Waals surface area contributed by atoms with Crippen molar-refractivity contribution < 1.29 is 56.2 Å². The van der Waals surface area contributed by atoms with Crippen molar-refractivity contribution in [2.75, 3.05) is 26.4 Å². The third-order valence-corrected chi connectivity index (χ3v) is 11.2. The molecule has 1 saturated heterocycles. The largest absolute Gasteiger partial charge is 0.457 e. The fraction of sp³-hybridized carbons (Fsp3) is 0.977. The van der Waals surface area contributed by atoms with Crippen LogP contribution in [-0.2, 0) is 38.3 Å². The van der Waals surface area contributed by atoms with Crippen LogP contribution in [0.2, 0.25) is 0 Å². The average Bonchev–Trinajstić information content (AvgIpc) is 3.16. The van der Waals surface area contributed by atoms with Crippen molar-refractivity contribution in [1.82, 2.24) is 0 Å². The molecule has 334 valence electrons. The van der Waals surface area contributed by atoms with Crippen LogP contribution in [0.1, 0.15) is 206 Å². The predicted octanol–water partition coefficient (Wildman–Crippen LogP) is 9.30. The second-order valence-corrected chi connectivity index (χ2v) is 17.1. The Morgan fingerprint density at radius 2 is 1.02 bits per heavy atom. The Bertz CT molecular complexity index is 999. The Kier molecular flexibility index (Phi) is 34.1. The molecule has 0 bridgehead atoms. The highest BCUT2D eigenvalue weighted by Gasteiger charge is 2.48. The minimum Gasteiger partial charge on any atom is -0.457 e. The summed E-state index contributed by atoms with van der Waals surface area (Å²) in [7, 11) is -5.05. The third-order valence-electron chi connectivity index (χ3n) is 10.7. The lowest BCUT2D eigenvalue weighted by molar-refractivity contribution is -0.301. The van der Waals surface area contributed by atoms with Gasteiger partial charge in [0.1, 0.15) is 30.5 Å². The zero-order valence-corrected chi connectivity index (χ0v) is 36.3. The van der Waals surface area contributed by atoms with E-state index in [1.54, 1.807) is 0 Å². The lowest BCUT2D eigenvalue weighted by atomic mass is 9.99. The maximum absolute atomic E-state index is 12.6. The first-order chi connectivity index (χ1) is 27.1. The van der Waals surface area contributed by atoms with Gasteiger partial charge in [-0.05, 0) is 12.8 Å². The second kappa shape index (κ2) is 36.0. The number of aliphatic hydroxyl groups excluding tert-OH is 3. The fourth-order valence-electron chi connectivity index (χ4n) is 7.26. The molecule has 1 aliphatic rings. The molecule has 0 aromatic carbocycles. The van der Waals surface area contributed by atoms with E-state index in [1.165, 1.54) is 135 Å². The van der Waals surface area contributed by atoms with Crippen molar-refractivity contribution in [2.24, 2.45) is 0 Å². The quantitative estimate of drug-likeness (QED) is 0.0262. The van der Waals surface area contributed by atoms with Crippen LogP contribution in [-0.4, -0.2) is 97.5 Å². The van der Waals surface area contributed by atoms with Gasteiger partial charge in [-0.15, -0.1) is 0 Å². The van der Waals surface area contributed by atoms with Crippen LogP contribution in [0.25, 0.3) is 0 Å². The van der Waals surface area contributed by atoms with E-state index in [0.717, 1.165) is 44.9 Å². The molecule has 12 nitrogen and oxygen atoms in total. The maximum Gasteiger partial charge on any atom is 0.397 e. The molecular formula is C43H84O12S. The summed E-state index contributed by atoms with van der Waals surface area (Å²) in [6, 6.07) is 0. The van der Waals surface area contributed by atoms with E-state index in [-0.39, 0.29) is 19.6 Å². The molecule has 4 N–H and O–H groups in total. The minimum absolute atomic E-state index is 0.0424. The number of unbranched alkanes of at least 4 members (excludes halogenated alkanes) is 27. The number of carbonyl (C=O) groups excluding carboxylic acids is 1. The molecule has 0 amide bonds. The van der Waals surface area contributed by atoms with E-state index in [4.69, 9.17) is 23.5 Å². The Balaban J connectivity index is 2.19. The standard InChI is InChI=1S/C43H84O12S/c1-3-5-7-9-10-11-12-13-14-15-16-17-18-19-20-21-22-23-24-25-26-27-29-31-33-51-35-37(53-39(45)32-30-28-8-6-4-2)36-52-43-41(47)42(55-56(48,49)50)40(46)38(34-44)54-43/h37-38,40-44,46-47H,3-36H2,1-2H3,(H,48,49,50). The number of ether oxygens (including phenoxy) is 4. The monoisotopic (exact) mass is 825 g/mol. The summed E-state index contributed by atoms with van der Waals surface area (Å²) in [6.07, 6.45) is 27.9. The molecule has 1 fully saturated rings. The van der Waals surface area contributed by atoms with Gasteiger partial charge < -0.3 is 34.3 Å². The van der Waals surface area contributed by atoms with Gasteiger partial charge in [-0.2, -0.15) is 8.42 Å². The van der Waals surface area contributed by atoms with Crippen LogP contribution in [0.15, 0.2) is 0 Å². The van der Waals surface area contributed by atoms with E-state index in [0.29, 0.717) is 13.0 Å². The summed E-state index contributed by atoms with van der Waals surface area (Å²) in [5, 5.41) is 30.5. The van der Waals surface area contributed by atoms with Crippen molar-refractivity contribution in [1.29, 1.82) is 0 Å². The van der Waals surface area contributed by atoms with Crippen molar-refractivity contribution in [3.05, 3.63) is 0 Å². The minimum atomic E-state index is -5.05. The van der Waals surface area contributed by atoms with Crippen LogP contribution in [0.5, 0.6) is 0 Å². The maximum atomic E-state index is 12.6. The number of esters is 1. The molecular weight excluding hydrogens is 741 g/mol. The number of hydrogen-bond donors (Lipinski definition) is 4. The summed E-state index contributed by atoms with van der Waals surface area (Å²) >= 11 is 0. The summed E-state index contributed by atoms with van der Waals surface area (Å²) in [5.41, 5.74) is 0. The van der Waals surface area contributed by atoms with Crippen LogP contribution in [0.3, 0.4) is 0 Å². The first kappa shape index (κ1) is 53.1. The van der Waals surface area contributed by atoms with Crippen LogP contribution in [0, 0.1) is 0 Å². The van der Waals surface area contributed by atoms with E-state index in [1.807, 2.05) is 0 Å². The second-order valence-electron chi connectivity index (χ2n) is 16.0. The summed E-state index contributed by atoms with van der Waals surface area (Å²) in [6.45, 7) is 3.92. The molecule has 0 aromatic heterocycles. The van der Waals surface area contributed by atoms with E-state index in [2.05, 4.69) is 18.0 Å². The van der Waals surface area contributed by atoms with Gasteiger partial charge in [0, 0.05) is 13.0 Å². The molecule has 1 heterocycles. The molecule has 0 radical (unpaired) electrons. The van der Waals surface area contributed by atoms with E-state index >= 15 is 0 Å². The Hall–Kier alpha value is -0.900. The zero-order valence-electron chi connectivity index (χ0n) is 35.5. The topological polar surface area (TPSA) is 178 Å². The summed E-state index contributed by atoms with van der Waals surface area (Å²) in [5.74, 6) is -0.408. The number of hydrogen-bond acceptors (Lipinski definition) is 11. The highest BCUT2D eigenvalue weighted by atomic mass is 32.3. The Morgan fingerprint density at radius 1 is 0.607 bits per heavy atom. The van der Waals surface area contributed by atoms with E-state index < -0.39 is 59.8 Å². The molecule has 1 aliphatic heterocycles. The van der Waals surface area contributed by atoms with E-state index in [9.17, 15) is 28.5 Å². The van der Waals surface area contributed by atoms with Crippen molar-refractivity contribution in [3.8, 4) is 0 Å². The van der Waals surface area contributed by atoms with Crippen molar-refractivity contribution >= 4 is 16.4 Å². The van der Waals surface area contributed by atoms with Gasteiger partial charge in [-0.3, -0.25) is 9.35 Å². The summed E-state index contributed by atoms with van der Waals surface area (Å²) < 4.78 is 58.7. The molecule has 13 heteroatoms. The first-order valence-electron chi connectivity index (χ1n) is 22.8. The normalized spacial score (nSPS) is 20.7. The number of carbonyl (C=O) groups is 1. The molecule has 56 heavy (non-hydrogen) atoms. The SMILES string of the molecule is CCCCCCCCCCCCCCCCCCCCCCCCCCOCC(COC1OC(CO)C(O)C(OS(=O)(=O)O)C1O)OC(=O)CCCCCCC. The Morgan fingerprint density at radius 3 is 1.43 bits per heavy atom. The lowest BCUT2D eigenvalue weighted by Gasteiger charge is -2.41. The zero-order chi connectivity index (χ0) is 41.1. The fourth-order valence-corrected chi connectivity index (χ4v) is 7.77. The van der Waals surface area contributed by atoms with Gasteiger partial charge in [0.25, 0.3) is 0 Å². The molecule has 0 aliphatic carbocycles. The molecule has 0 aromatic rings. The molecule has 6 atom stereocenters.